The molecule has 112 valence electrons. The Morgan fingerprint density at radius 2 is 2.00 bits per heavy atom. The van der Waals surface area contributed by atoms with Crippen molar-refractivity contribution in [2.45, 2.75) is 18.2 Å². The van der Waals surface area contributed by atoms with E-state index in [1.54, 1.807) is 11.3 Å². The van der Waals surface area contributed by atoms with Gasteiger partial charge >= 0.3 is 0 Å². The normalized spacial score (nSPS) is 10.8. The van der Waals surface area contributed by atoms with Crippen molar-refractivity contribution < 1.29 is 4.79 Å². The van der Waals surface area contributed by atoms with Crippen LogP contribution in [-0.2, 0) is 4.79 Å². The molecule has 3 rings (SSSR count). The number of carbonyl (C=O) groups is 1. The fraction of sp³-hybridized carbons (Fsp3) is 0.176. The van der Waals surface area contributed by atoms with E-state index in [0.29, 0.717) is 5.75 Å². The quantitative estimate of drug-likeness (QED) is 0.709. The van der Waals surface area contributed by atoms with Crippen molar-refractivity contribution in [3.8, 4) is 0 Å². The first-order valence-electron chi connectivity index (χ1n) is 6.98. The Balaban J connectivity index is 1.63. The molecule has 0 aliphatic heterocycles. The summed E-state index contributed by atoms with van der Waals surface area (Å²) in [6.07, 6.45) is 0. The van der Waals surface area contributed by atoms with Gasteiger partial charge in [-0.25, -0.2) is 4.98 Å². The number of para-hydroxylation sites is 1. The third-order valence-electron chi connectivity index (χ3n) is 3.48. The van der Waals surface area contributed by atoms with E-state index >= 15 is 0 Å². The summed E-state index contributed by atoms with van der Waals surface area (Å²) < 4.78 is 2.08. The molecular formula is C17H16N2OS2. The number of hydrogen-bond acceptors (Lipinski definition) is 4. The van der Waals surface area contributed by atoms with Gasteiger partial charge in [0.1, 0.15) is 0 Å². The molecule has 0 saturated heterocycles. The molecule has 1 heterocycles. The minimum absolute atomic E-state index is 0.00189. The monoisotopic (exact) mass is 328 g/mol. The summed E-state index contributed by atoms with van der Waals surface area (Å²) in [4.78, 5) is 16.6. The van der Waals surface area contributed by atoms with Crippen LogP contribution in [0.15, 0.2) is 46.8 Å². The molecule has 0 spiro atoms. The van der Waals surface area contributed by atoms with Crippen molar-refractivity contribution in [1.29, 1.82) is 0 Å². The Morgan fingerprint density at radius 3 is 2.82 bits per heavy atom. The average molecular weight is 328 g/mol. The highest BCUT2D eigenvalue weighted by Crippen LogP contribution is 2.29. The molecule has 0 unspecified atom stereocenters. The summed E-state index contributed by atoms with van der Waals surface area (Å²) in [7, 11) is 0. The number of fused-ring (bicyclic) bond motifs is 1. The molecule has 2 aromatic carbocycles. The number of hydrogen-bond donors (Lipinski definition) is 1. The average Bonchev–Trinajstić information content (AvgIpc) is 2.93. The lowest BCUT2D eigenvalue weighted by Crippen LogP contribution is -2.15. The smallest absolute Gasteiger partial charge is 0.234 e. The zero-order chi connectivity index (χ0) is 15.5. The van der Waals surface area contributed by atoms with Crippen LogP contribution >= 0.6 is 23.1 Å². The van der Waals surface area contributed by atoms with E-state index in [4.69, 9.17) is 0 Å². The largest absolute Gasteiger partial charge is 0.325 e. The summed E-state index contributed by atoms with van der Waals surface area (Å²) >= 11 is 3.10. The maximum Gasteiger partial charge on any atom is 0.234 e. The minimum Gasteiger partial charge on any atom is -0.325 e. The fourth-order valence-electron chi connectivity index (χ4n) is 2.11. The van der Waals surface area contributed by atoms with Crippen LogP contribution in [0.25, 0.3) is 10.2 Å². The molecule has 0 aliphatic rings. The van der Waals surface area contributed by atoms with Crippen LogP contribution in [0, 0.1) is 13.8 Å². The standard InChI is InChI=1S/C17H16N2OS2/c1-11-6-5-8-13(12(11)2)18-16(20)10-21-17-19-14-7-3-4-9-15(14)22-17/h3-9H,10H2,1-2H3,(H,18,20). The zero-order valence-electron chi connectivity index (χ0n) is 12.4. The third kappa shape index (κ3) is 3.31. The van der Waals surface area contributed by atoms with Crippen LogP contribution in [0.1, 0.15) is 11.1 Å². The second-order valence-corrected chi connectivity index (χ2v) is 7.28. The van der Waals surface area contributed by atoms with Gasteiger partial charge in [-0.3, -0.25) is 4.79 Å². The molecule has 1 aromatic heterocycles. The molecule has 0 radical (unpaired) electrons. The fourth-order valence-corrected chi connectivity index (χ4v) is 3.98. The first kappa shape index (κ1) is 15.1. The van der Waals surface area contributed by atoms with E-state index in [1.165, 1.54) is 17.3 Å². The highest BCUT2D eigenvalue weighted by Gasteiger charge is 2.09. The molecule has 1 amide bonds. The number of aryl methyl sites for hydroxylation is 1. The number of anilines is 1. The molecule has 1 N–H and O–H groups in total. The number of benzene rings is 2. The number of rotatable bonds is 4. The van der Waals surface area contributed by atoms with E-state index < -0.39 is 0 Å². The van der Waals surface area contributed by atoms with Crippen LogP contribution in [-0.4, -0.2) is 16.6 Å². The van der Waals surface area contributed by atoms with Gasteiger partial charge in [0, 0.05) is 5.69 Å². The van der Waals surface area contributed by atoms with Crippen LogP contribution in [0.2, 0.25) is 0 Å². The van der Waals surface area contributed by atoms with Gasteiger partial charge in [-0.2, -0.15) is 0 Å². The van der Waals surface area contributed by atoms with Gasteiger partial charge in [-0.1, -0.05) is 36.0 Å². The molecular weight excluding hydrogens is 312 g/mol. The molecule has 0 atom stereocenters. The molecule has 0 aliphatic carbocycles. The lowest BCUT2D eigenvalue weighted by molar-refractivity contribution is -0.113. The van der Waals surface area contributed by atoms with Crippen LogP contribution in [0.3, 0.4) is 0 Å². The first-order chi connectivity index (χ1) is 10.6. The predicted octanol–water partition coefficient (Wildman–Crippen LogP) is 4.64. The van der Waals surface area contributed by atoms with Gasteiger partial charge < -0.3 is 5.32 Å². The maximum atomic E-state index is 12.1. The Bertz CT molecular complexity index is 793. The van der Waals surface area contributed by atoms with Gasteiger partial charge in [0.05, 0.1) is 16.0 Å². The molecule has 3 aromatic rings. The number of amides is 1. The van der Waals surface area contributed by atoms with Crippen molar-refractivity contribution in [3.05, 3.63) is 53.6 Å². The van der Waals surface area contributed by atoms with Gasteiger partial charge in [-0.05, 0) is 43.2 Å². The van der Waals surface area contributed by atoms with Crippen molar-refractivity contribution >= 4 is 44.9 Å². The van der Waals surface area contributed by atoms with Gasteiger partial charge in [-0.15, -0.1) is 11.3 Å². The highest BCUT2D eigenvalue weighted by molar-refractivity contribution is 8.01. The van der Waals surface area contributed by atoms with Gasteiger partial charge in [0.15, 0.2) is 4.34 Å². The summed E-state index contributed by atoms with van der Waals surface area (Å²) in [5, 5.41) is 2.97. The molecule has 3 nitrogen and oxygen atoms in total. The Morgan fingerprint density at radius 1 is 1.18 bits per heavy atom. The van der Waals surface area contributed by atoms with Crippen LogP contribution in [0.5, 0.6) is 0 Å². The van der Waals surface area contributed by atoms with E-state index in [0.717, 1.165) is 25.8 Å². The first-order valence-corrected chi connectivity index (χ1v) is 8.78. The molecule has 0 bridgehead atoms. The van der Waals surface area contributed by atoms with Crippen molar-refractivity contribution in [3.63, 3.8) is 0 Å². The van der Waals surface area contributed by atoms with Crippen molar-refractivity contribution in [1.82, 2.24) is 4.98 Å². The molecule has 0 fully saturated rings. The Kier molecular flexibility index (Phi) is 4.45. The summed E-state index contributed by atoms with van der Waals surface area (Å²) in [6, 6.07) is 14.0. The van der Waals surface area contributed by atoms with Crippen LogP contribution in [0.4, 0.5) is 5.69 Å². The molecule has 5 heteroatoms. The summed E-state index contributed by atoms with van der Waals surface area (Å²) in [5.74, 6) is 0.366. The number of thioether (sulfide) groups is 1. The number of thiazole rings is 1. The van der Waals surface area contributed by atoms with E-state index in [9.17, 15) is 4.79 Å². The van der Waals surface area contributed by atoms with Gasteiger partial charge in [0.2, 0.25) is 5.91 Å². The van der Waals surface area contributed by atoms with Gasteiger partial charge in [0.25, 0.3) is 0 Å². The summed E-state index contributed by atoms with van der Waals surface area (Å²) in [5.41, 5.74) is 4.16. The number of carbonyl (C=O) groups excluding carboxylic acids is 1. The number of nitrogens with one attached hydrogen (secondary N) is 1. The summed E-state index contributed by atoms with van der Waals surface area (Å²) in [6.45, 7) is 4.06. The van der Waals surface area contributed by atoms with E-state index in [1.807, 2.05) is 56.3 Å². The Labute approximate surface area is 137 Å². The third-order valence-corrected chi connectivity index (χ3v) is 5.66. The van der Waals surface area contributed by atoms with Crippen LogP contribution < -0.4 is 5.32 Å². The lowest BCUT2D eigenvalue weighted by atomic mass is 10.1. The van der Waals surface area contributed by atoms with E-state index in [-0.39, 0.29) is 5.91 Å². The molecule has 22 heavy (non-hydrogen) atoms. The maximum absolute atomic E-state index is 12.1. The topological polar surface area (TPSA) is 42.0 Å². The van der Waals surface area contributed by atoms with Crippen molar-refractivity contribution in [2.75, 3.05) is 11.1 Å². The Hall–Kier alpha value is -1.85. The lowest BCUT2D eigenvalue weighted by Gasteiger charge is -2.09. The predicted molar refractivity (Wildman–Crippen MR) is 94.9 cm³/mol. The van der Waals surface area contributed by atoms with Crippen molar-refractivity contribution in [2.24, 2.45) is 0 Å². The second-order valence-electron chi connectivity index (χ2n) is 5.03. The second kappa shape index (κ2) is 6.50. The molecule has 0 saturated carbocycles. The van der Waals surface area contributed by atoms with E-state index in [2.05, 4.69) is 10.3 Å². The minimum atomic E-state index is -0.00189. The zero-order valence-corrected chi connectivity index (χ0v) is 14.1. The number of nitrogens with zero attached hydrogens (tertiary/aromatic N) is 1. The number of aromatic nitrogens is 1. The SMILES string of the molecule is Cc1cccc(NC(=O)CSc2nc3ccccc3s2)c1C. The highest BCUT2D eigenvalue weighted by atomic mass is 32.2.